The van der Waals surface area contributed by atoms with Crippen molar-refractivity contribution in [1.82, 2.24) is 10.6 Å². The summed E-state index contributed by atoms with van der Waals surface area (Å²) in [6.45, 7) is 1.18. The van der Waals surface area contributed by atoms with Gasteiger partial charge < -0.3 is 15.4 Å². The van der Waals surface area contributed by atoms with Crippen LogP contribution in [0.3, 0.4) is 0 Å². The first kappa shape index (κ1) is 15.6. The summed E-state index contributed by atoms with van der Waals surface area (Å²) in [7, 11) is 0. The molecule has 1 saturated carbocycles. The average molecular weight is 302 g/mol. The SMILES string of the molecule is O=C(NCCNCc1ccccc1OC(F)(F)F)C1CC1. The molecule has 1 aromatic rings. The summed E-state index contributed by atoms with van der Waals surface area (Å²) in [6, 6.07) is 5.98. The molecule has 1 fully saturated rings. The van der Waals surface area contributed by atoms with Gasteiger partial charge in [-0.1, -0.05) is 18.2 Å². The topological polar surface area (TPSA) is 50.4 Å². The van der Waals surface area contributed by atoms with E-state index in [2.05, 4.69) is 15.4 Å². The van der Waals surface area contributed by atoms with Gasteiger partial charge in [0.25, 0.3) is 0 Å². The Hall–Kier alpha value is -1.76. The van der Waals surface area contributed by atoms with E-state index in [1.54, 1.807) is 12.1 Å². The zero-order chi connectivity index (χ0) is 15.3. The maximum Gasteiger partial charge on any atom is 0.573 e. The predicted octanol–water partition coefficient (Wildman–Crippen LogP) is 2.20. The van der Waals surface area contributed by atoms with Gasteiger partial charge in [0, 0.05) is 31.1 Å². The van der Waals surface area contributed by atoms with Crippen LogP contribution in [0.1, 0.15) is 18.4 Å². The quantitative estimate of drug-likeness (QED) is 0.759. The summed E-state index contributed by atoms with van der Waals surface area (Å²) >= 11 is 0. The van der Waals surface area contributed by atoms with Crippen molar-refractivity contribution in [2.24, 2.45) is 5.92 Å². The molecule has 4 nitrogen and oxygen atoms in total. The van der Waals surface area contributed by atoms with Crippen molar-refractivity contribution in [3.8, 4) is 5.75 Å². The van der Waals surface area contributed by atoms with E-state index in [1.165, 1.54) is 12.1 Å². The molecule has 21 heavy (non-hydrogen) atoms. The Labute approximate surface area is 120 Å². The van der Waals surface area contributed by atoms with Crippen molar-refractivity contribution in [2.45, 2.75) is 25.7 Å². The minimum absolute atomic E-state index is 0.0533. The molecular formula is C14H17F3N2O2. The van der Waals surface area contributed by atoms with E-state index in [0.29, 0.717) is 18.7 Å². The molecule has 0 aliphatic heterocycles. The minimum atomic E-state index is -4.70. The van der Waals surface area contributed by atoms with Crippen LogP contribution in [-0.2, 0) is 11.3 Å². The number of para-hydroxylation sites is 1. The Morgan fingerprint density at radius 1 is 1.24 bits per heavy atom. The van der Waals surface area contributed by atoms with Gasteiger partial charge in [-0.05, 0) is 18.9 Å². The van der Waals surface area contributed by atoms with Gasteiger partial charge in [0.1, 0.15) is 5.75 Å². The smallest absolute Gasteiger partial charge is 0.405 e. The molecule has 0 bridgehead atoms. The van der Waals surface area contributed by atoms with Crippen molar-refractivity contribution < 1.29 is 22.7 Å². The van der Waals surface area contributed by atoms with E-state index in [1.807, 2.05) is 0 Å². The molecule has 7 heteroatoms. The molecule has 116 valence electrons. The highest BCUT2D eigenvalue weighted by Crippen LogP contribution is 2.28. The van der Waals surface area contributed by atoms with Crippen LogP contribution in [-0.4, -0.2) is 25.4 Å². The second-order valence-electron chi connectivity index (χ2n) is 4.90. The molecule has 0 saturated heterocycles. The fourth-order valence-electron chi connectivity index (χ4n) is 1.86. The summed E-state index contributed by atoms with van der Waals surface area (Å²) in [5.41, 5.74) is 0.420. The van der Waals surface area contributed by atoms with Gasteiger partial charge in [0.2, 0.25) is 5.91 Å². The molecule has 1 aliphatic carbocycles. The van der Waals surface area contributed by atoms with Crippen LogP contribution in [0.2, 0.25) is 0 Å². The van der Waals surface area contributed by atoms with Crippen LogP contribution in [0.25, 0.3) is 0 Å². The number of ether oxygens (including phenoxy) is 1. The van der Waals surface area contributed by atoms with Crippen LogP contribution in [0.4, 0.5) is 13.2 Å². The highest BCUT2D eigenvalue weighted by atomic mass is 19.4. The van der Waals surface area contributed by atoms with Crippen LogP contribution in [0, 0.1) is 5.92 Å². The normalized spacial score (nSPS) is 14.8. The summed E-state index contributed by atoms with van der Waals surface area (Å²) in [4.78, 5) is 11.4. The van der Waals surface area contributed by atoms with E-state index in [9.17, 15) is 18.0 Å². The van der Waals surface area contributed by atoms with Gasteiger partial charge in [0.05, 0.1) is 0 Å². The molecular weight excluding hydrogens is 285 g/mol. The molecule has 2 rings (SSSR count). The van der Waals surface area contributed by atoms with Crippen molar-refractivity contribution in [2.75, 3.05) is 13.1 Å². The predicted molar refractivity (Wildman–Crippen MR) is 70.6 cm³/mol. The van der Waals surface area contributed by atoms with Crippen LogP contribution in [0.5, 0.6) is 5.75 Å². The number of alkyl halides is 3. The lowest BCUT2D eigenvalue weighted by Crippen LogP contribution is -2.32. The lowest BCUT2D eigenvalue weighted by Gasteiger charge is -2.13. The van der Waals surface area contributed by atoms with Crippen LogP contribution < -0.4 is 15.4 Å². The molecule has 1 amide bonds. The number of carbonyl (C=O) groups is 1. The van der Waals surface area contributed by atoms with Crippen LogP contribution >= 0.6 is 0 Å². The third-order valence-corrected chi connectivity index (χ3v) is 3.06. The van der Waals surface area contributed by atoms with Gasteiger partial charge in [-0.2, -0.15) is 0 Å². The summed E-state index contributed by atoms with van der Waals surface area (Å²) in [5.74, 6) is 0.00281. The Bertz CT molecular complexity index is 487. The Kier molecular flexibility index (Phi) is 5.06. The zero-order valence-electron chi connectivity index (χ0n) is 11.4. The molecule has 0 radical (unpaired) electrons. The van der Waals surface area contributed by atoms with E-state index < -0.39 is 6.36 Å². The first-order valence-electron chi connectivity index (χ1n) is 6.78. The average Bonchev–Trinajstić information content (AvgIpc) is 3.22. The Morgan fingerprint density at radius 2 is 1.95 bits per heavy atom. The maximum atomic E-state index is 12.2. The van der Waals surface area contributed by atoms with E-state index in [4.69, 9.17) is 0 Å². The molecule has 1 aromatic carbocycles. The molecule has 0 aromatic heterocycles. The van der Waals surface area contributed by atoms with Crippen molar-refractivity contribution in [3.05, 3.63) is 29.8 Å². The monoisotopic (exact) mass is 302 g/mol. The van der Waals surface area contributed by atoms with Gasteiger partial charge in [0.15, 0.2) is 0 Å². The number of amides is 1. The van der Waals surface area contributed by atoms with Gasteiger partial charge >= 0.3 is 6.36 Å². The van der Waals surface area contributed by atoms with E-state index >= 15 is 0 Å². The first-order chi connectivity index (χ1) is 9.96. The zero-order valence-corrected chi connectivity index (χ0v) is 11.4. The van der Waals surface area contributed by atoms with Crippen molar-refractivity contribution in [1.29, 1.82) is 0 Å². The Morgan fingerprint density at radius 3 is 2.62 bits per heavy atom. The highest BCUT2D eigenvalue weighted by Gasteiger charge is 2.32. The van der Waals surface area contributed by atoms with Gasteiger partial charge in [-0.15, -0.1) is 13.2 Å². The van der Waals surface area contributed by atoms with Gasteiger partial charge in [-0.3, -0.25) is 4.79 Å². The highest BCUT2D eigenvalue weighted by molar-refractivity contribution is 5.80. The molecule has 1 aliphatic rings. The number of benzene rings is 1. The van der Waals surface area contributed by atoms with Gasteiger partial charge in [-0.25, -0.2) is 0 Å². The number of hydrogen-bond acceptors (Lipinski definition) is 3. The number of nitrogens with one attached hydrogen (secondary N) is 2. The lowest BCUT2D eigenvalue weighted by atomic mass is 10.2. The molecule has 0 heterocycles. The fourth-order valence-corrected chi connectivity index (χ4v) is 1.86. The number of carbonyl (C=O) groups excluding carboxylic acids is 1. The number of hydrogen-bond donors (Lipinski definition) is 2. The molecule has 0 unspecified atom stereocenters. The second-order valence-corrected chi connectivity index (χ2v) is 4.90. The third kappa shape index (κ3) is 5.63. The molecule has 0 atom stereocenters. The van der Waals surface area contributed by atoms with E-state index in [0.717, 1.165) is 12.8 Å². The van der Waals surface area contributed by atoms with E-state index in [-0.39, 0.29) is 24.1 Å². The first-order valence-corrected chi connectivity index (χ1v) is 6.78. The lowest BCUT2D eigenvalue weighted by molar-refractivity contribution is -0.274. The molecule has 0 spiro atoms. The minimum Gasteiger partial charge on any atom is -0.405 e. The van der Waals surface area contributed by atoms with Crippen molar-refractivity contribution in [3.63, 3.8) is 0 Å². The number of rotatable bonds is 7. The molecule has 2 N–H and O–H groups in total. The summed E-state index contributed by atoms with van der Waals surface area (Å²) < 4.78 is 40.7. The largest absolute Gasteiger partial charge is 0.573 e. The summed E-state index contributed by atoms with van der Waals surface area (Å²) in [5, 5.41) is 5.75. The standard InChI is InChI=1S/C14H17F3N2O2/c15-14(16,17)21-12-4-2-1-3-11(12)9-18-7-8-19-13(20)10-5-6-10/h1-4,10,18H,5-9H2,(H,19,20). The van der Waals surface area contributed by atoms with Crippen molar-refractivity contribution >= 4 is 5.91 Å². The maximum absolute atomic E-state index is 12.2. The third-order valence-electron chi connectivity index (χ3n) is 3.06. The summed E-state index contributed by atoms with van der Waals surface area (Å²) in [6.07, 6.45) is -2.81. The van der Waals surface area contributed by atoms with Crippen LogP contribution in [0.15, 0.2) is 24.3 Å². The Balaban J connectivity index is 1.73. The fraction of sp³-hybridized carbons (Fsp3) is 0.500. The number of halogens is 3. The second kappa shape index (κ2) is 6.80.